The maximum absolute atomic E-state index is 12.4. The number of rotatable bonds is 4. The fraction of sp³-hybridized carbons (Fsp3) is 0.429. The van der Waals surface area contributed by atoms with Crippen molar-refractivity contribution in [3.05, 3.63) is 47.5 Å². The van der Waals surface area contributed by atoms with Crippen molar-refractivity contribution in [1.82, 2.24) is 0 Å². The van der Waals surface area contributed by atoms with Gasteiger partial charge in [-0.05, 0) is 30.0 Å². The third-order valence-corrected chi connectivity index (χ3v) is 2.95. The molecule has 1 atom stereocenters. The second-order valence-corrected chi connectivity index (χ2v) is 4.73. The standard InChI is InChI=1S/C14H18F3N/c1-9(2)10(3)13(18)8-11-4-6-12(7-5-11)14(15,16)17/h4-7,9,13H,3,8,18H2,1-2H3/t13-/m1/s1. The van der Waals surface area contributed by atoms with Crippen LogP contribution < -0.4 is 5.73 Å². The lowest BCUT2D eigenvalue weighted by Crippen LogP contribution is -2.27. The van der Waals surface area contributed by atoms with Crippen molar-refractivity contribution in [2.75, 3.05) is 0 Å². The van der Waals surface area contributed by atoms with Gasteiger partial charge in [0, 0.05) is 6.04 Å². The van der Waals surface area contributed by atoms with Crippen LogP contribution in [0.1, 0.15) is 25.0 Å². The second-order valence-electron chi connectivity index (χ2n) is 4.73. The fourth-order valence-corrected chi connectivity index (χ4v) is 1.64. The first-order chi connectivity index (χ1) is 8.21. The molecule has 1 nitrogen and oxygen atoms in total. The molecule has 0 saturated heterocycles. The molecule has 0 heterocycles. The van der Waals surface area contributed by atoms with Gasteiger partial charge in [0.2, 0.25) is 0 Å². The van der Waals surface area contributed by atoms with Gasteiger partial charge >= 0.3 is 6.18 Å². The summed E-state index contributed by atoms with van der Waals surface area (Å²) in [6.07, 6.45) is -3.78. The number of benzene rings is 1. The molecule has 0 unspecified atom stereocenters. The highest BCUT2D eigenvalue weighted by Crippen LogP contribution is 2.29. The molecule has 100 valence electrons. The predicted molar refractivity (Wildman–Crippen MR) is 67.1 cm³/mol. The zero-order chi connectivity index (χ0) is 13.9. The van der Waals surface area contributed by atoms with Crippen molar-refractivity contribution in [2.45, 2.75) is 32.5 Å². The van der Waals surface area contributed by atoms with Crippen molar-refractivity contribution in [1.29, 1.82) is 0 Å². The number of hydrogen-bond donors (Lipinski definition) is 1. The van der Waals surface area contributed by atoms with Gasteiger partial charge in [0.25, 0.3) is 0 Å². The van der Waals surface area contributed by atoms with Crippen LogP contribution in [0.2, 0.25) is 0 Å². The average Bonchev–Trinajstić information content (AvgIpc) is 2.27. The number of nitrogens with two attached hydrogens (primary N) is 1. The molecule has 4 heteroatoms. The molecule has 0 aliphatic heterocycles. The summed E-state index contributed by atoms with van der Waals surface area (Å²) in [5, 5.41) is 0. The molecular weight excluding hydrogens is 239 g/mol. The fourth-order valence-electron chi connectivity index (χ4n) is 1.64. The van der Waals surface area contributed by atoms with Crippen LogP contribution in [0.4, 0.5) is 13.2 Å². The summed E-state index contributed by atoms with van der Waals surface area (Å²) in [5.74, 6) is 0.273. The molecule has 1 rings (SSSR count). The van der Waals surface area contributed by atoms with Gasteiger partial charge in [0.05, 0.1) is 5.56 Å². The van der Waals surface area contributed by atoms with Gasteiger partial charge < -0.3 is 5.73 Å². The van der Waals surface area contributed by atoms with Crippen LogP contribution in [0.5, 0.6) is 0 Å². The highest BCUT2D eigenvalue weighted by Gasteiger charge is 2.29. The molecule has 0 saturated carbocycles. The lowest BCUT2D eigenvalue weighted by Gasteiger charge is -2.18. The molecule has 0 amide bonds. The molecule has 0 spiro atoms. The van der Waals surface area contributed by atoms with E-state index in [0.717, 1.165) is 23.3 Å². The topological polar surface area (TPSA) is 26.0 Å². The van der Waals surface area contributed by atoms with E-state index in [1.165, 1.54) is 12.1 Å². The molecule has 1 aromatic carbocycles. The van der Waals surface area contributed by atoms with E-state index in [2.05, 4.69) is 6.58 Å². The summed E-state index contributed by atoms with van der Waals surface area (Å²) < 4.78 is 37.1. The summed E-state index contributed by atoms with van der Waals surface area (Å²) >= 11 is 0. The van der Waals surface area contributed by atoms with Gasteiger partial charge in [-0.15, -0.1) is 0 Å². The first kappa shape index (κ1) is 14.8. The highest BCUT2D eigenvalue weighted by atomic mass is 19.4. The number of alkyl halides is 3. The Kier molecular flexibility index (Phi) is 4.57. The van der Waals surface area contributed by atoms with Gasteiger partial charge in [0.15, 0.2) is 0 Å². The number of halogens is 3. The van der Waals surface area contributed by atoms with E-state index >= 15 is 0 Å². The SMILES string of the molecule is C=C(C(C)C)[C@H](N)Cc1ccc(C(F)(F)F)cc1. The van der Waals surface area contributed by atoms with Crippen molar-refractivity contribution >= 4 is 0 Å². The Morgan fingerprint density at radius 3 is 2.11 bits per heavy atom. The van der Waals surface area contributed by atoms with Crippen molar-refractivity contribution < 1.29 is 13.2 Å². The van der Waals surface area contributed by atoms with E-state index in [4.69, 9.17) is 5.73 Å². The van der Waals surface area contributed by atoms with E-state index in [1.54, 1.807) is 0 Å². The van der Waals surface area contributed by atoms with E-state index in [1.807, 2.05) is 13.8 Å². The van der Waals surface area contributed by atoms with Crippen LogP contribution in [0.15, 0.2) is 36.4 Å². The Labute approximate surface area is 105 Å². The summed E-state index contributed by atoms with van der Waals surface area (Å²) in [7, 11) is 0. The Hall–Kier alpha value is -1.29. The van der Waals surface area contributed by atoms with Gasteiger partial charge in [0.1, 0.15) is 0 Å². The predicted octanol–water partition coefficient (Wildman–Crippen LogP) is 3.79. The zero-order valence-corrected chi connectivity index (χ0v) is 10.6. The lowest BCUT2D eigenvalue weighted by molar-refractivity contribution is -0.137. The largest absolute Gasteiger partial charge is 0.416 e. The third-order valence-electron chi connectivity index (χ3n) is 2.95. The average molecular weight is 257 g/mol. The quantitative estimate of drug-likeness (QED) is 0.816. The van der Waals surface area contributed by atoms with E-state index < -0.39 is 11.7 Å². The maximum atomic E-state index is 12.4. The molecule has 0 aliphatic carbocycles. The van der Waals surface area contributed by atoms with Crippen LogP contribution >= 0.6 is 0 Å². The van der Waals surface area contributed by atoms with Gasteiger partial charge in [-0.25, -0.2) is 0 Å². The van der Waals surface area contributed by atoms with E-state index in [9.17, 15) is 13.2 Å². The summed E-state index contributed by atoms with van der Waals surface area (Å²) in [6, 6.07) is 4.88. The van der Waals surface area contributed by atoms with E-state index in [0.29, 0.717) is 6.42 Å². The molecular formula is C14H18F3N. The van der Waals surface area contributed by atoms with Crippen LogP contribution in [0, 0.1) is 5.92 Å². The third kappa shape index (κ3) is 3.88. The smallest absolute Gasteiger partial charge is 0.324 e. The summed E-state index contributed by atoms with van der Waals surface area (Å²) in [6.45, 7) is 7.89. The van der Waals surface area contributed by atoms with Crippen LogP contribution in [-0.2, 0) is 12.6 Å². The highest BCUT2D eigenvalue weighted by molar-refractivity contribution is 5.26. The Balaban J connectivity index is 2.73. The maximum Gasteiger partial charge on any atom is 0.416 e. The van der Waals surface area contributed by atoms with Crippen LogP contribution in [0.3, 0.4) is 0 Å². The Morgan fingerprint density at radius 2 is 1.72 bits per heavy atom. The monoisotopic (exact) mass is 257 g/mol. The molecule has 0 fully saturated rings. The minimum atomic E-state index is -4.29. The van der Waals surface area contributed by atoms with Gasteiger partial charge in [-0.1, -0.05) is 38.1 Å². The first-order valence-corrected chi connectivity index (χ1v) is 5.82. The molecule has 1 aromatic rings. The molecule has 0 radical (unpaired) electrons. The van der Waals surface area contributed by atoms with Crippen molar-refractivity contribution in [3.63, 3.8) is 0 Å². The minimum Gasteiger partial charge on any atom is -0.324 e. The number of hydrogen-bond acceptors (Lipinski definition) is 1. The lowest BCUT2D eigenvalue weighted by atomic mass is 9.93. The molecule has 0 aliphatic rings. The Bertz CT molecular complexity index is 404. The molecule has 0 aromatic heterocycles. The summed E-state index contributed by atoms with van der Waals surface area (Å²) in [5.41, 5.74) is 7.02. The molecule has 2 N–H and O–H groups in total. The molecule has 0 bridgehead atoms. The second kappa shape index (κ2) is 5.57. The zero-order valence-electron chi connectivity index (χ0n) is 10.6. The first-order valence-electron chi connectivity index (χ1n) is 5.82. The van der Waals surface area contributed by atoms with Crippen LogP contribution in [0.25, 0.3) is 0 Å². The Morgan fingerprint density at radius 1 is 1.22 bits per heavy atom. The summed E-state index contributed by atoms with van der Waals surface area (Å²) in [4.78, 5) is 0. The normalized spacial score (nSPS) is 13.7. The van der Waals surface area contributed by atoms with Crippen molar-refractivity contribution in [2.24, 2.45) is 11.7 Å². The van der Waals surface area contributed by atoms with Gasteiger partial charge in [-0.2, -0.15) is 13.2 Å². The van der Waals surface area contributed by atoms with Crippen molar-refractivity contribution in [3.8, 4) is 0 Å². The van der Waals surface area contributed by atoms with Gasteiger partial charge in [-0.3, -0.25) is 0 Å². The minimum absolute atomic E-state index is 0.221. The van der Waals surface area contributed by atoms with Crippen LogP contribution in [-0.4, -0.2) is 6.04 Å². The van der Waals surface area contributed by atoms with E-state index in [-0.39, 0.29) is 12.0 Å². The molecule has 18 heavy (non-hydrogen) atoms.